The Labute approximate surface area is 161 Å². The molecule has 148 valence electrons. The largest absolute Gasteiger partial charge is 0.478 e. The zero-order valence-electron chi connectivity index (χ0n) is 15.7. The quantitative estimate of drug-likeness (QED) is 0.740. The highest BCUT2D eigenvalue weighted by atomic mass is 19.4. The van der Waals surface area contributed by atoms with Gasteiger partial charge in [0.15, 0.2) is 6.10 Å². The molecule has 2 aliphatic rings. The molecular formula is C21H21F3N2O2. The molecule has 2 aromatic rings. The third-order valence-corrected chi connectivity index (χ3v) is 5.16. The van der Waals surface area contributed by atoms with E-state index < -0.39 is 17.8 Å². The Bertz CT molecular complexity index is 907. The number of ether oxygens (including phenoxy) is 1. The summed E-state index contributed by atoms with van der Waals surface area (Å²) in [5.74, 6) is -0.387. The lowest BCUT2D eigenvalue weighted by atomic mass is 10.0. The topological polar surface area (TPSA) is 32.8 Å². The van der Waals surface area contributed by atoms with Crippen LogP contribution in [0.15, 0.2) is 42.5 Å². The van der Waals surface area contributed by atoms with Gasteiger partial charge in [-0.2, -0.15) is 13.2 Å². The average Bonchev–Trinajstić information content (AvgIpc) is 2.58. The number of hydrogen-bond donors (Lipinski definition) is 0. The number of hydrogen-bond acceptors (Lipinski definition) is 3. The van der Waals surface area contributed by atoms with Crippen LogP contribution in [0.1, 0.15) is 25.8 Å². The van der Waals surface area contributed by atoms with Gasteiger partial charge >= 0.3 is 6.18 Å². The van der Waals surface area contributed by atoms with Crippen LogP contribution in [-0.2, 0) is 11.0 Å². The molecule has 4 rings (SSSR count). The molecule has 0 saturated carbocycles. The minimum atomic E-state index is -4.48. The van der Waals surface area contributed by atoms with Crippen LogP contribution < -0.4 is 14.5 Å². The van der Waals surface area contributed by atoms with E-state index in [1.807, 2.05) is 32.0 Å². The molecule has 2 heterocycles. The van der Waals surface area contributed by atoms with Gasteiger partial charge in [0.2, 0.25) is 0 Å². The highest BCUT2D eigenvalue weighted by molar-refractivity contribution is 6.06. The summed E-state index contributed by atoms with van der Waals surface area (Å²) in [6, 6.07) is 10.8. The van der Waals surface area contributed by atoms with Gasteiger partial charge in [0.05, 0.1) is 16.9 Å². The first kappa shape index (κ1) is 18.7. The van der Waals surface area contributed by atoms with Crippen molar-refractivity contribution in [2.24, 2.45) is 5.92 Å². The predicted octanol–water partition coefficient (Wildman–Crippen LogP) is 5.00. The minimum absolute atomic E-state index is 0.0717. The van der Waals surface area contributed by atoms with Crippen molar-refractivity contribution < 1.29 is 22.7 Å². The van der Waals surface area contributed by atoms with Gasteiger partial charge in [-0.25, -0.2) is 0 Å². The van der Waals surface area contributed by atoms with E-state index >= 15 is 0 Å². The van der Waals surface area contributed by atoms with Crippen molar-refractivity contribution in [1.82, 2.24) is 0 Å². The number of carbonyl (C=O) groups is 1. The smallest absolute Gasteiger partial charge is 0.416 e. The molecule has 0 aromatic heterocycles. The molecule has 1 atom stereocenters. The lowest BCUT2D eigenvalue weighted by molar-refractivity contribution is -0.137. The van der Waals surface area contributed by atoms with Crippen LogP contribution in [0, 0.1) is 5.92 Å². The number of nitrogens with zero attached hydrogens (tertiary/aromatic N) is 2. The molecule has 1 fully saturated rings. The monoisotopic (exact) mass is 390 g/mol. The van der Waals surface area contributed by atoms with E-state index in [0.717, 1.165) is 37.3 Å². The average molecular weight is 390 g/mol. The van der Waals surface area contributed by atoms with E-state index in [1.165, 1.54) is 11.0 Å². The standard InChI is InChI=1S/C21H21F3N2O2/c1-13(2)19-20(27)26(16-6-3-5-15(12-16)25-9-4-10-25)17-8-7-14(21(22,23)24)11-18(17)28-19/h3,5-8,11-13,19H,4,9-10H2,1-2H3. The van der Waals surface area contributed by atoms with E-state index in [-0.39, 0.29) is 17.6 Å². The van der Waals surface area contributed by atoms with Crippen molar-refractivity contribution in [2.75, 3.05) is 22.9 Å². The summed E-state index contributed by atoms with van der Waals surface area (Å²) in [5, 5.41) is 0. The second kappa shape index (κ2) is 6.72. The van der Waals surface area contributed by atoms with Gasteiger partial charge < -0.3 is 9.64 Å². The van der Waals surface area contributed by atoms with Crippen LogP contribution in [-0.4, -0.2) is 25.1 Å². The van der Waals surface area contributed by atoms with Gasteiger partial charge in [-0.05, 0) is 48.7 Å². The van der Waals surface area contributed by atoms with E-state index in [0.29, 0.717) is 11.4 Å². The summed E-state index contributed by atoms with van der Waals surface area (Å²) in [6.45, 7) is 5.55. The second-order valence-electron chi connectivity index (χ2n) is 7.50. The molecule has 0 radical (unpaired) electrons. The van der Waals surface area contributed by atoms with Crippen LogP contribution in [0.4, 0.5) is 30.2 Å². The molecule has 0 bridgehead atoms. The maximum Gasteiger partial charge on any atom is 0.416 e. The summed E-state index contributed by atoms with van der Waals surface area (Å²) in [5.41, 5.74) is 1.16. The van der Waals surface area contributed by atoms with Gasteiger partial charge in [-0.1, -0.05) is 19.9 Å². The van der Waals surface area contributed by atoms with Gasteiger partial charge in [-0.3, -0.25) is 9.69 Å². The van der Waals surface area contributed by atoms with Crippen LogP contribution in [0.5, 0.6) is 5.75 Å². The van der Waals surface area contributed by atoms with Gasteiger partial charge in [0.25, 0.3) is 5.91 Å². The maximum atomic E-state index is 13.2. The Hall–Kier alpha value is -2.70. The van der Waals surface area contributed by atoms with E-state index in [9.17, 15) is 18.0 Å². The van der Waals surface area contributed by atoms with Gasteiger partial charge in [-0.15, -0.1) is 0 Å². The third kappa shape index (κ3) is 3.19. The van der Waals surface area contributed by atoms with Crippen LogP contribution in [0.25, 0.3) is 0 Å². The first-order valence-electron chi connectivity index (χ1n) is 9.32. The number of fused-ring (bicyclic) bond motifs is 1. The lowest BCUT2D eigenvalue weighted by Gasteiger charge is -2.37. The maximum absolute atomic E-state index is 13.2. The van der Waals surface area contributed by atoms with Crippen LogP contribution in [0.3, 0.4) is 0 Å². The molecule has 0 aliphatic carbocycles. The van der Waals surface area contributed by atoms with Crippen LogP contribution >= 0.6 is 0 Å². The van der Waals surface area contributed by atoms with Crippen molar-refractivity contribution in [3.8, 4) is 5.75 Å². The van der Waals surface area contributed by atoms with E-state index in [1.54, 1.807) is 6.07 Å². The lowest BCUT2D eigenvalue weighted by Crippen LogP contribution is -2.46. The van der Waals surface area contributed by atoms with E-state index in [2.05, 4.69) is 4.90 Å². The van der Waals surface area contributed by atoms with Crippen molar-refractivity contribution in [3.63, 3.8) is 0 Å². The van der Waals surface area contributed by atoms with Gasteiger partial charge in [0.1, 0.15) is 5.75 Å². The SMILES string of the molecule is CC(C)C1Oc2cc(C(F)(F)F)ccc2N(c2cccc(N3CCC3)c2)C1=O. The summed E-state index contributed by atoms with van der Waals surface area (Å²) in [4.78, 5) is 16.8. The Morgan fingerprint density at radius 1 is 1.07 bits per heavy atom. The zero-order valence-corrected chi connectivity index (χ0v) is 15.7. The zero-order chi connectivity index (χ0) is 20.1. The van der Waals surface area contributed by atoms with Crippen molar-refractivity contribution >= 4 is 23.0 Å². The molecule has 2 aliphatic heterocycles. The predicted molar refractivity (Wildman–Crippen MR) is 101 cm³/mol. The van der Waals surface area contributed by atoms with Crippen molar-refractivity contribution in [2.45, 2.75) is 32.5 Å². The van der Waals surface area contributed by atoms with Crippen molar-refractivity contribution in [3.05, 3.63) is 48.0 Å². The summed E-state index contributed by atoms with van der Waals surface area (Å²) >= 11 is 0. The number of halogens is 3. The normalized spacial score (nSPS) is 19.4. The number of anilines is 3. The van der Waals surface area contributed by atoms with Crippen molar-refractivity contribution in [1.29, 1.82) is 0 Å². The molecule has 0 N–H and O–H groups in total. The molecule has 0 spiro atoms. The fraction of sp³-hybridized carbons (Fsp3) is 0.381. The summed E-state index contributed by atoms with van der Waals surface area (Å²) in [7, 11) is 0. The second-order valence-corrected chi connectivity index (χ2v) is 7.50. The molecule has 4 nitrogen and oxygen atoms in total. The Kier molecular flexibility index (Phi) is 4.48. The highest BCUT2D eigenvalue weighted by Gasteiger charge is 2.39. The Morgan fingerprint density at radius 3 is 2.39 bits per heavy atom. The minimum Gasteiger partial charge on any atom is -0.478 e. The highest BCUT2D eigenvalue weighted by Crippen LogP contribution is 2.44. The number of benzene rings is 2. The first-order valence-corrected chi connectivity index (χ1v) is 9.32. The summed E-state index contributed by atoms with van der Waals surface area (Å²) < 4.78 is 45.2. The summed E-state index contributed by atoms with van der Waals surface area (Å²) in [6.07, 6.45) is -4.20. The number of alkyl halides is 3. The molecule has 28 heavy (non-hydrogen) atoms. The first-order chi connectivity index (χ1) is 13.3. The molecular weight excluding hydrogens is 369 g/mol. The fourth-order valence-corrected chi connectivity index (χ4v) is 3.49. The fourth-order valence-electron chi connectivity index (χ4n) is 3.49. The number of rotatable bonds is 3. The van der Waals surface area contributed by atoms with Gasteiger partial charge in [0, 0.05) is 18.8 Å². The molecule has 1 saturated heterocycles. The molecule has 7 heteroatoms. The molecule has 1 unspecified atom stereocenters. The third-order valence-electron chi connectivity index (χ3n) is 5.16. The number of amides is 1. The number of carbonyl (C=O) groups excluding carboxylic acids is 1. The Morgan fingerprint density at radius 2 is 1.79 bits per heavy atom. The Balaban J connectivity index is 1.81. The molecule has 1 amide bonds. The van der Waals surface area contributed by atoms with Crippen LogP contribution in [0.2, 0.25) is 0 Å². The molecule has 2 aromatic carbocycles. The van der Waals surface area contributed by atoms with E-state index in [4.69, 9.17) is 4.74 Å².